The van der Waals surface area contributed by atoms with E-state index in [4.69, 9.17) is 9.84 Å². The zero-order valence-electron chi connectivity index (χ0n) is 12.4. The molecule has 2 N–H and O–H groups in total. The van der Waals surface area contributed by atoms with Gasteiger partial charge in [0.25, 0.3) is 5.91 Å². The number of methoxy groups -OCH3 is 1. The van der Waals surface area contributed by atoms with Crippen LogP contribution in [0.15, 0.2) is 24.3 Å². The number of hydrogen-bond acceptors (Lipinski definition) is 3. The van der Waals surface area contributed by atoms with Gasteiger partial charge in [-0.3, -0.25) is 4.79 Å². The molecule has 0 aliphatic rings. The molecule has 4 nitrogen and oxygen atoms in total. The van der Waals surface area contributed by atoms with Gasteiger partial charge in [-0.25, -0.2) is 0 Å². The molecule has 1 rings (SSSR count). The Balaban J connectivity index is 2.57. The van der Waals surface area contributed by atoms with E-state index >= 15 is 0 Å². The number of nitrogens with one attached hydrogen (secondary N) is 1. The van der Waals surface area contributed by atoms with Gasteiger partial charge < -0.3 is 15.2 Å². The van der Waals surface area contributed by atoms with Crippen LogP contribution in [-0.4, -0.2) is 37.4 Å². The molecule has 0 fully saturated rings. The summed E-state index contributed by atoms with van der Waals surface area (Å²) in [6.45, 7) is 2.60. The van der Waals surface area contributed by atoms with Crippen LogP contribution in [0.25, 0.3) is 0 Å². The molecule has 0 radical (unpaired) electrons. The molecule has 112 valence electrons. The molecule has 1 unspecified atom stereocenters. The van der Waals surface area contributed by atoms with Gasteiger partial charge in [0.1, 0.15) is 0 Å². The Hall–Kier alpha value is -1.39. The zero-order valence-corrected chi connectivity index (χ0v) is 12.4. The predicted molar refractivity (Wildman–Crippen MR) is 79.9 cm³/mol. The number of rotatable bonds is 9. The normalized spacial score (nSPS) is 12.2. The Labute approximate surface area is 121 Å². The van der Waals surface area contributed by atoms with Crippen molar-refractivity contribution in [3.8, 4) is 0 Å². The van der Waals surface area contributed by atoms with E-state index in [1.807, 2.05) is 24.3 Å². The lowest BCUT2D eigenvalue weighted by atomic mass is 10.1. The Bertz CT molecular complexity index is 383. The fraction of sp³-hybridized carbons (Fsp3) is 0.562. The third-order valence-corrected chi connectivity index (χ3v) is 3.22. The minimum atomic E-state index is -0.155. The fourth-order valence-electron chi connectivity index (χ4n) is 2.03. The van der Waals surface area contributed by atoms with Crippen LogP contribution in [0.1, 0.15) is 42.1 Å². The maximum absolute atomic E-state index is 12.1. The zero-order chi connectivity index (χ0) is 14.8. The number of hydrogen-bond donors (Lipinski definition) is 2. The van der Waals surface area contributed by atoms with Gasteiger partial charge in [-0.05, 0) is 37.0 Å². The average Bonchev–Trinajstić information content (AvgIpc) is 2.46. The van der Waals surface area contributed by atoms with Crippen LogP contribution in [0.5, 0.6) is 0 Å². The SMILES string of the molecule is CCCCc1ccc(C(=O)NC(CCO)COC)cc1. The first-order chi connectivity index (χ1) is 9.71. The van der Waals surface area contributed by atoms with Crippen molar-refractivity contribution in [1.29, 1.82) is 0 Å². The Kier molecular flexibility index (Phi) is 7.92. The molecule has 0 aromatic heterocycles. The summed E-state index contributed by atoms with van der Waals surface area (Å²) in [7, 11) is 1.58. The van der Waals surface area contributed by atoms with Crippen molar-refractivity contribution < 1.29 is 14.6 Å². The van der Waals surface area contributed by atoms with Crippen molar-refractivity contribution in [3.05, 3.63) is 35.4 Å². The molecule has 0 aliphatic carbocycles. The molecule has 0 bridgehead atoms. The predicted octanol–water partition coefficient (Wildman–Crippen LogP) is 2.16. The topological polar surface area (TPSA) is 58.6 Å². The number of carbonyl (C=O) groups is 1. The third-order valence-electron chi connectivity index (χ3n) is 3.22. The summed E-state index contributed by atoms with van der Waals surface area (Å²) >= 11 is 0. The molecule has 1 atom stereocenters. The first-order valence-electron chi connectivity index (χ1n) is 7.20. The van der Waals surface area contributed by atoms with Crippen LogP contribution in [0, 0.1) is 0 Å². The van der Waals surface area contributed by atoms with E-state index in [2.05, 4.69) is 12.2 Å². The van der Waals surface area contributed by atoms with Crippen molar-refractivity contribution in [2.24, 2.45) is 0 Å². The van der Waals surface area contributed by atoms with Gasteiger partial charge in [0.05, 0.1) is 12.6 Å². The van der Waals surface area contributed by atoms with Crippen molar-refractivity contribution in [2.75, 3.05) is 20.3 Å². The number of unbranched alkanes of at least 4 members (excludes halogenated alkanes) is 1. The first-order valence-corrected chi connectivity index (χ1v) is 7.20. The molecule has 0 saturated carbocycles. The van der Waals surface area contributed by atoms with Gasteiger partial charge in [-0.2, -0.15) is 0 Å². The molecular weight excluding hydrogens is 254 g/mol. The highest BCUT2D eigenvalue weighted by atomic mass is 16.5. The second-order valence-corrected chi connectivity index (χ2v) is 4.94. The van der Waals surface area contributed by atoms with E-state index in [1.165, 1.54) is 12.0 Å². The summed E-state index contributed by atoms with van der Waals surface area (Å²) < 4.78 is 5.03. The van der Waals surface area contributed by atoms with E-state index in [-0.39, 0.29) is 18.6 Å². The van der Waals surface area contributed by atoms with Crippen molar-refractivity contribution in [3.63, 3.8) is 0 Å². The summed E-state index contributed by atoms with van der Waals surface area (Å²) in [6, 6.07) is 7.55. The average molecular weight is 279 g/mol. The molecule has 0 spiro atoms. The third kappa shape index (κ3) is 5.72. The van der Waals surface area contributed by atoms with E-state index < -0.39 is 0 Å². The van der Waals surface area contributed by atoms with Gasteiger partial charge in [-0.1, -0.05) is 25.5 Å². The van der Waals surface area contributed by atoms with E-state index in [1.54, 1.807) is 7.11 Å². The second-order valence-electron chi connectivity index (χ2n) is 4.94. The number of aliphatic hydroxyl groups excluding tert-OH is 1. The summed E-state index contributed by atoms with van der Waals surface area (Å²) in [6.07, 6.45) is 3.88. The van der Waals surface area contributed by atoms with Crippen LogP contribution in [-0.2, 0) is 11.2 Å². The van der Waals surface area contributed by atoms with Gasteiger partial charge in [0.15, 0.2) is 0 Å². The minimum Gasteiger partial charge on any atom is -0.396 e. The summed E-state index contributed by atoms with van der Waals surface area (Å²) in [5.41, 5.74) is 1.90. The van der Waals surface area contributed by atoms with E-state index in [0.29, 0.717) is 18.6 Å². The Morgan fingerprint density at radius 3 is 2.60 bits per heavy atom. The molecule has 1 aromatic carbocycles. The highest BCUT2D eigenvalue weighted by Gasteiger charge is 2.13. The van der Waals surface area contributed by atoms with Crippen LogP contribution < -0.4 is 5.32 Å². The number of benzene rings is 1. The van der Waals surface area contributed by atoms with Crippen molar-refractivity contribution in [2.45, 2.75) is 38.6 Å². The molecule has 0 heterocycles. The Morgan fingerprint density at radius 2 is 2.05 bits per heavy atom. The summed E-state index contributed by atoms with van der Waals surface area (Å²) in [5, 5.41) is 11.8. The monoisotopic (exact) mass is 279 g/mol. The molecule has 20 heavy (non-hydrogen) atoms. The lowest BCUT2D eigenvalue weighted by molar-refractivity contribution is 0.0878. The highest BCUT2D eigenvalue weighted by molar-refractivity contribution is 5.94. The number of amides is 1. The smallest absolute Gasteiger partial charge is 0.251 e. The van der Waals surface area contributed by atoms with Gasteiger partial charge >= 0.3 is 0 Å². The first kappa shape index (κ1) is 16.7. The van der Waals surface area contributed by atoms with Crippen LogP contribution in [0.3, 0.4) is 0 Å². The molecule has 4 heteroatoms. The maximum Gasteiger partial charge on any atom is 0.251 e. The van der Waals surface area contributed by atoms with Gasteiger partial charge in [0, 0.05) is 19.3 Å². The van der Waals surface area contributed by atoms with Gasteiger partial charge in [0.2, 0.25) is 0 Å². The van der Waals surface area contributed by atoms with Crippen molar-refractivity contribution in [1.82, 2.24) is 5.32 Å². The molecular formula is C16H25NO3. The molecule has 1 amide bonds. The highest BCUT2D eigenvalue weighted by Crippen LogP contribution is 2.08. The van der Waals surface area contributed by atoms with Crippen LogP contribution in [0.4, 0.5) is 0 Å². The lowest BCUT2D eigenvalue weighted by Crippen LogP contribution is -2.38. The number of aryl methyl sites for hydroxylation is 1. The lowest BCUT2D eigenvalue weighted by Gasteiger charge is -2.16. The second kappa shape index (κ2) is 9.50. The number of carbonyl (C=O) groups excluding carboxylic acids is 1. The standard InChI is InChI=1S/C16H25NO3/c1-3-4-5-13-6-8-14(9-7-13)16(19)17-15(10-11-18)12-20-2/h6-9,15,18H,3-5,10-12H2,1-2H3,(H,17,19). The maximum atomic E-state index is 12.1. The van der Waals surface area contributed by atoms with Crippen molar-refractivity contribution >= 4 is 5.91 Å². The van der Waals surface area contributed by atoms with E-state index in [9.17, 15) is 4.79 Å². The fourth-order valence-corrected chi connectivity index (χ4v) is 2.03. The van der Waals surface area contributed by atoms with E-state index in [0.717, 1.165) is 12.8 Å². The molecule has 0 aliphatic heterocycles. The quantitative estimate of drug-likeness (QED) is 0.728. The number of ether oxygens (including phenoxy) is 1. The Morgan fingerprint density at radius 1 is 1.35 bits per heavy atom. The van der Waals surface area contributed by atoms with Crippen LogP contribution in [0.2, 0.25) is 0 Å². The molecule has 1 aromatic rings. The minimum absolute atomic E-state index is 0.0320. The molecule has 0 saturated heterocycles. The van der Waals surface area contributed by atoms with Gasteiger partial charge in [-0.15, -0.1) is 0 Å². The summed E-state index contributed by atoms with van der Waals surface area (Å²) in [5.74, 6) is -0.123. The largest absolute Gasteiger partial charge is 0.396 e. The number of aliphatic hydroxyl groups is 1. The summed E-state index contributed by atoms with van der Waals surface area (Å²) in [4.78, 5) is 12.1. The van der Waals surface area contributed by atoms with Crippen LogP contribution >= 0.6 is 0 Å².